The van der Waals surface area contributed by atoms with Crippen LogP contribution in [0.4, 0.5) is 0 Å². The lowest BCUT2D eigenvalue weighted by molar-refractivity contribution is -0.149. The Bertz CT molecular complexity index is 653. The summed E-state index contributed by atoms with van der Waals surface area (Å²) in [6, 6.07) is 3.37. The van der Waals surface area contributed by atoms with Gasteiger partial charge in [-0.2, -0.15) is 4.68 Å². The van der Waals surface area contributed by atoms with Gasteiger partial charge in [0.1, 0.15) is 0 Å². The van der Waals surface area contributed by atoms with E-state index in [-0.39, 0.29) is 5.89 Å². The third-order valence-corrected chi connectivity index (χ3v) is 3.49. The molecule has 1 aliphatic heterocycles. The van der Waals surface area contributed by atoms with Crippen molar-refractivity contribution >= 4 is 15.9 Å². The first-order valence-corrected chi connectivity index (χ1v) is 6.97. The minimum absolute atomic E-state index is 0.152. The molecule has 0 aromatic carbocycles. The van der Waals surface area contributed by atoms with Crippen molar-refractivity contribution in [1.29, 1.82) is 0 Å². The molecule has 0 N–H and O–H groups in total. The van der Waals surface area contributed by atoms with E-state index in [0.717, 1.165) is 0 Å². The number of rotatable bonds is 4. The summed E-state index contributed by atoms with van der Waals surface area (Å²) in [4.78, 5) is 11.7. The van der Waals surface area contributed by atoms with Crippen LogP contribution in [0, 0.1) is 0 Å². The summed E-state index contributed by atoms with van der Waals surface area (Å²) in [7, 11) is 0. The molecule has 1 aliphatic rings. The monoisotopic (exact) mass is 344 g/mol. The van der Waals surface area contributed by atoms with Crippen molar-refractivity contribution in [1.82, 2.24) is 9.78 Å². The largest absolute Gasteiger partial charge is 0.444 e. The summed E-state index contributed by atoms with van der Waals surface area (Å²) in [5, 5.41) is 4.10. The van der Waals surface area contributed by atoms with Crippen molar-refractivity contribution < 1.29 is 18.3 Å². The topological polar surface area (TPSA) is 79.6 Å². The number of aromatic nitrogens is 2. The van der Waals surface area contributed by atoms with Gasteiger partial charge in [0.25, 0.3) is 5.89 Å². The van der Waals surface area contributed by atoms with Gasteiger partial charge in [0.15, 0.2) is 16.2 Å². The Morgan fingerprint density at radius 3 is 2.75 bits per heavy atom. The quantitative estimate of drug-likeness (QED) is 0.843. The minimum Gasteiger partial charge on any atom is -0.444 e. The average Bonchev–Trinajstić information content (AvgIpc) is 3.09. The summed E-state index contributed by atoms with van der Waals surface area (Å²) >= 11 is 3.18. The highest BCUT2D eigenvalue weighted by Crippen LogP contribution is 2.24. The average molecular weight is 345 g/mol. The number of hydrogen-bond acceptors (Lipinski definition) is 6. The van der Waals surface area contributed by atoms with E-state index in [2.05, 4.69) is 21.0 Å². The third kappa shape index (κ3) is 2.72. The number of hydrogen-bond donors (Lipinski definition) is 0. The molecule has 0 saturated carbocycles. The molecule has 2 aromatic rings. The maximum absolute atomic E-state index is 11.7. The van der Waals surface area contributed by atoms with Crippen LogP contribution in [0.5, 0.6) is 0 Å². The molecule has 0 aliphatic carbocycles. The molecular formula is C12H13BrN2O5. The van der Waals surface area contributed by atoms with Gasteiger partial charge in [0.05, 0.1) is 19.8 Å². The van der Waals surface area contributed by atoms with Gasteiger partial charge in [-0.3, -0.25) is 0 Å². The van der Waals surface area contributed by atoms with Gasteiger partial charge in [-0.15, -0.1) is 5.10 Å². The van der Waals surface area contributed by atoms with Crippen molar-refractivity contribution in [2.75, 3.05) is 13.2 Å². The molecule has 7 nitrogen and oxygen atoms in total. The van der Waals surface area contributed by atoms with Gasteiger partial charge in [0, 0.05) is 6.42 Å². The maximum atomic E-state index is 11.7. The van der Waals surface area contributed by atoms with Crippen molar-refractivity contribution in [3.8, 4) is 11.7 Å². The van der Waals surface area contributed by atoms with E-state index in [1.54, 1.807) is 12.1 Å². The van der Waals surface area contributed by atoms with Crippen LogP contribution in [0.2, 0.25) is 0 Å². The van der Waals surface area contributed by atoms with Gasteiger partial charge in [-0.25, -0.2) is 4.79 Å². The van der Waals surface area contributed by atoms with E-state index in [4.69, 9.17) is 18.3 Å². The van der Waals surface area contributed by atoms with Gasteiger partial charge >= 0.3 is 5.76 Å². The van der Waals surface area contributed by atoms with E-state index in [1.165, 1.54) is 4.68 Å². The van der Waals surface area contributed by atoms with Gasteiger partial charge in [0.2, 0.25) is 0 Å². The highest BCUT2D eigenvalue weighted by molar-refractivity contribution is 9.10. The highest BCUT2D eigenvalue weighted by Gasteiger charge is 2.31. The Kier molecular flexibility index (Phi) is 3.53. The molecule has 1 fully saturated rings. The second kappa shape index (κ2) is 5.19. The standard InChI is InChI=1S/C12H13BrN2O5/c1-12(17-6-7-18-12)4-5-15-11(16)20-10(14-15)8-2-3-9(13)19-8/h2-3H,4-7H2,1H3. The van der Waals surface area contributed by atoms with Crippen LogP contribution in [-0.2, 0) is 16.0 Å². The van der Waals surface area contributed by atoms with E-state index >= 15 is 0 Å². The number of nitrogens with zero attached hydrogens (tertiary/aromatic N) is 2. The van der Waals surface area contributed by atoms with Crippen LogP contribution in [0.15, 0.2) is 30.4 Å². The molecule has 0 radical (unpaired) electrons. The van der Waals surface area contributed by atoms with Crippen LogP contribution in [-0.4, -0.2) is 28.8 Å². The lowest BCUT2D eigenvalue weighted by Crippen LogP contribution is -2.29. The number of ether oxygens (including phenoxy) is 2. The Hall–Kier alpha value is -1.38. The van der Waals surface area contributed by atoms with Gasteiger partial charge in [-0.05, 0) is 35.0 Å². The Balaban J connectivity index is 1.74. The molecule has 2 aromatic heterocycles. The van der Waals surface area contributed by atoms with E-state index in [0.29, 0.717) is 36.6 Å². The molecule has 0 atom stereocenters. The zero-order valence-electron chi connectivity index (χ0n) is 10.8. The van der Waals surface area contributed by atoms with E-state index < -0.39 is 11.5 Å². The van der Waals surface area contributed by atoms with Crippen molar-refractivity contribution in [3.63, 3.8) is 0 Å². The van der Waals surface area contributed by atoms with Crippen LogP contribution in [0.3, 0.4) is 0 Å². The van der Waals surface area contributed by atoms with E-state index in [9.17, 15) is 4.79 Å². The molecule has 108 valence electrons. The lowest BCUT2D eigenvalue weighted by Gasteiger charge is -2.21. The molecule has 0 spiro atoms. The number of halogens is 1. The second-order valence-electron chi connectivity index (χ2n) is 4.58. The third-order valence-electron chi connectivity index (χ3n) is 3.07. The Labute approximate surface area is 122 Å². The fourth-order valence-electron chi connectivity index (χ4n) is 1.99. The van der Waals surface area contributed by atoms with Crippen molar-refractivity contribution in [3.05, 3.63) is 27.4 Å². The summed E-state index contributed by atoms with van der Waals surface area (Å²) in [5.41, 5.74) is 0. The normalized spacial score (nSPS) is 17.7. The molecule has 20 heavy (non-hydrogen) atoms. The number of aryl methyl sites for hydroxylation is 1. The first-order chi connectivity index (χ1) is 9.56. The molecule has 0 unspecified atom stereocenters. The van der Waals surface area contributed by atoms with Gasteiger partial charge < -0.3 is 18.3 Å². The summed E-state index contributed by atoms with van der Waals surface area (Å²) in [6.45, 7) is 3.32. The van der Waals surface area contributed by atoms with E-state index in [1.807, 2.05) is 6.92 Å². The van der Waals surface area contributed by atoms with Crippen LogP contribution >= 0.6 is 15.9 Å². The zero-order chi connectivity index (χ0) is 14.2. The second-order valence-corrected chi connectivity index (χ2v) is 5.36. The smallest absolute Gasteiger partial charge is 0.437 e. The van der Waals surface area contributed by atoms with Crippen molar-refractivity contribution in [2.24, 2.45) is 0 Å². The Morgan fingerprint density at radius 1 is 1.35 bits per heavy atom. The fraction of sp³-hybridized carbons (Fsp3) is 0.500. The number of furan rings is 1. The Morgan fingerprint density at radius 2 is 2.10 bits per heavy atom. The predicted molar refractivity (Wildman–Crippen MR) is 71.1 cm³/mol. The lowest BCUT2D eigenvalue weighted by atomic mass is 10.2. The minimum atomic E-state index is -0.660. The molecule has 0 bridgehead atoms. The zero-order valence-corrected chi connectivity index (χ0v) is 12.4. The summed E-state index contributed by atoms with van der Waals surface area (Å²) < 4.78 is 23.1. The predicted octanol–water partition coefficient (Wildman–Crippen LogP) is 2.01. The first-order valence-electron chi connectivity index (χ1n) is 6.17. The van der Waals surface area contributed by atoms with Crippen LogP contribution < -0.4 is 5.76 Å². The highest BCUT2D eigenvalue weighted by atomic mass is 79.9. The molecule has 1 saturated heterocycles. The molecule has 3 rings (SSSR count). The molecule has 0 amide bonds. The summed E-state index contributed by atoms with van der Waals surface area (Å²) in [6.07, 6.45) is 0.515. The molecule has 8 heteroatoms. The van der Waals surface area contributed by atoms with Gasteiger partial charge in [-0.1, -0.05) is 0 Å². The summed E-state index contributed by atoms with van der Waals surface area (Å²) in [5.74, 6) is -0.646. The molecular weight excluding hydrogens is 332 g/mol. The fourth-order valence-corrected chi connectivity index (χ4v) is 2.29. The first kappa shape index (κ1) is 13.6. The van der Waals surface area contributed by atoms with Crippen molar-refractivity contribution in [2.45, 2.75) is 25.7 Å². The van der Waals surface area contributed by atoms with Crippen LogP contribution in [0.1, 0.15) is 13.3 Å². The molecule has 3 heterocycles. The maximum Gasteiger partial charge on any atom is 0.437 e. The SMILES string of the molecule is CC1(CCn2nc(-c3ccc(Br)o3)oc2=O)OCCO1. The van der Waals surface area contributed by atoms with Crippen LogP contribution in [0.25, 0.3) is 11.7 Å².